The van der Waals surface area contributed by atoms with Gasteiger partial charge in [0.15, 0.2) is 5.69 Å². The maximum absolute atomic E-state index is 12.7. The molecule has 0 unspecified atom stereocenters. The molecule has 3 rings (SSSR count). The highest BCUT2D eigenvalue weighted by molar-refractivity contribution is 6.30. The number of amides is 1. The Labute approximate surface area is 150 Å². The normalized spacial score (nSPS) is 17.4. The van der Waals surface area contributed by atoms with Crippen molar-refractivity contribution < 1.29 is 14.3 Å². The largest absolute Gasteiger partial charge is 0.467 e. The number of hydrogen-bond acceptors (Lipinski definition) is 5. The summed E-state index contributed by atoms with van der Waals surface area (Å²) in [7, 11) is 1.33. The van der Waals surface area contributed by atoms with Gasteiger partial charge in [-0.3, -0.25) is 4.79 Å². The highest BCUT2D eigenvalue weighted by Crippen LogP contribution is 2.20. The molecular formula is C17H19ClN4O3. The number of benzene rings is 1. The number of rotatable bonds is 4. The van der Waals surface area contributed by atoms with Crippen molar-refractivity contribution in [2.45, 2.75) is 31.8 Å². The average Bonchev–Trinajstić information content (AvgIpc) is 3.09. The Balaban J connectivity index is 1.74. The molecule has 8 heteroatoms. The maximum Gasteiger partial charge on any atom is 0.328 e. The van der Waals surface area contributed by atoms with Gasteiger partial charge in [0.2, 0.25) is 0 Å². The minimum atomic E-state index is -0.552. The lowest BCUT2D eigenvalue weighted by molar-refractivity contribution is -0.147. The molecular weight excluding hydrogens is 344 g/mol. The van der Waals surface area contributed by atoms with Crippen LogP contribution in [0.15, 0.2) is 30.5 Å². The lowest BCUT2D eigenvalue weighted by Gasteiger charge is -2.33. The molecule has 1 fully saturated rings. The summed E-state index contributed by atoms with van der Waals surface area (Å²) in [5.41, 5.74) is 1.18. The maximum atomic E-state index is 12.7. The molecule has 0 N–H and O–H groups in total. The van der Waals surface area contributed by atoms with Crippen molar-refractivity contribution in [3.05, 3.63) is 46.7 Å². The third kappa shape index (κ3) is 3.99. The summed E-state index contributed by atoms with van der Waals surface area (Å²) in [6.45, 7) is 0.973. The van der Waals surface area contributed by atoms with Crippen LogP contribution in [0.4, 0.5) is 0 Å². The quantitative estimate of drug-likeness (QED) is 0.779. The molecule has 1 saturated heterocycles. The van der Waals surface area contributed by atoms with Crippen LogP contribution in [0, 0.1) is 0 Å². The second-order valence-electron chi connectivity index (χ2n) is 5.96. The number of aromatic nitrogens is 3. The minimum absolute atomic E-state index is 0.220. The first-order chi connectivity index (χ1) is 12.1. The predicted molar refractivity (Wildman–Crippen MR) is 91.3 cm³/mol. The number of likely N-dealkylation sites (tertiary alicyclic amines) is 1. The molecule has 0 aliphatic carbocycles. The number of carbonyl (C=O) groups is 2. The van der Waals surface area contributed by atoms with Gasteiger partial charge in [0.05, 0.1) is 19.9 Å². The highest BCUT2D eigenvalue weighted by Gasteiger charge is 2.34. The topological polar surface area (TPSA) is 77.3 Å². The van der Waals surface area contributed by atoms with E-state index in [0.717, 1.165) is 18.4 Å². The molecule has 2 aromatic rings. The summed E-state index contributed by atoms with van der Waals surface area (Å²) in [5.74, 6) is -0.688. The molecule has 2 heterocycles. The summed E-state index contributed by atoms with van der Waals surface area (Å²) < 4.78 is 6.39. The molecule has 1 aliphatic heterocycles. The van der Waals surface area contributed by atoms with E-state index in [9.17, 15) is 9.59 Å². The number of halogens is 1. The molecule has 0 bridgehead atoms. The van der Waals surface area contributed by atoms with Crippen LogP contribution in [0.3, 0.4) is 0 Å². The lowest BCUT2D eigenvalue weighted by Crippen LogP contribution is -2.48. The number of carbonyl (C=O) groups excluding carboxylic acids is 2. The second-order valence-corrected chi connectivity index (χ2v) is 6.40. The van der Waals surface area contributed by atoms with Gasteiger partial charge in [-0.25, -0.2) is 9.48 Å². The van der Waals surface area contributed by atoms with E-state index in [1.165, 1.54) is 12.0 Å². The van der Waals surface area contributed by atoms with Crippen LogP contribution in [0.1, 0.15) is 35.3 Å². The zero-order chi connectivity index (χ0) is 17.8. The van der Waals surface area contributed by atoms with Gasteiger partial charge in [0, 0.05) is 11.6 Å². The Morgan fingerprint density at radius 1 is 1.36 bits per heavy atom. The summed E-state index contributed by atoms with van der Waals surface area (Å²) in [6, 6.07) is 6.86. The molecule has 1 atom stereocenters. The monoisotopic (exact) mass is 362 g/mol. The third-order valence-corrected chi connectivity index (χ3v) is 4.46. The number of piperidine rings is 1. The van der Waals surface area contributed by atoms with Gasteiger partial charge in [-0.1, -0.05) is 28.9 Å². The Bertz CT molecular complexity index is 777. The van der Waals surface area contributed by atoms with Crippen LogP contribution in [0.5, 0.6) is 0 Å². The highest BCUT2D eigenvalue weighted by atomic mass is 35.5. The standard InChI is InChI=1S/C17H19ClN4O3/c1-25-17(24)15-7-2-3-8-22(15)16(23)14-11-21(20-19-14)10-12-5-4-6-13(18)9-12/h4-6,9,11,15H,2-3,7-8,10H2,1H3/t15-/m0/s1. The molecule has 0 saturated carbocycles. The molecule has 0 radical (unpaired) electrons. The number of methoxy groups -OCH3 is 1. The smallest absolute Gasteiger partial charge is 0.328 e. The van der Waals surface area contributed by atoms with E-state index >= 15 is 0 Å². The van der Waals surface area contributed by atoms with E-state index in [4.69, 9.17) is 16.3 Å². The zero-order valence-electron chi connectivity index (χ0n) is 13.9. The Kier molecular flexibility index (Phi) is 5.33. The zero-order valence-corrected chi connectivity index (χ0v) is 14.6. The predicted octanol–water partition coefficient (Wildman–Crippen LogP) is 2.15. The van der Waals surface area contributed by atoms with E-state index in [1.54, 1.807) is 16.9 Å². The molecule has 1 aromatic heterocycles. The summed E-state index contributed by atoms with van der Waals surface area (Å²) in [5, 5.41) is 8.61. The van der Waals surface area contributed by atoms with Crippen molar-refractivity contribution >= 4 is 23.5 Å². The van der Waals surface area contributed by atoms with E-state index in [-0.39, 0.29) is 17.6 Å². The van der Waals surface area contributed by atoms with Gasteiger partial charge in [0.25, 0.3) is 5.91 Å². The molecule has 1 amide bonds. The molecule has 0 spiro atoms. The fourth-order valence-corrected chi connectivity index (χ4v) is 3.21. The van der Waals surface area contributed by atoms with Crippen LogP contribution in [-0.2, 0) is 16.1 Å². The fraction of sp³-hybridized carbons (Fsp3) is 0.412. The van der Waals surface area contributed by atoms with Crippen molar-refractivity contribution in [2.75, 3.05) is 13.7 Å². The van der Waals surface area contributed by atoms with Gasteiger partial charge in [-0.15, -0.1) is 5.10 Å². The summed E-state index contributed by atoms with van der Waals surface area (Å²) in [6.07, 6.45) is 3.95. The number of hydrogen-bond donors (Lipinski definition) is 0. The average molecular weight is 363 g/mol. The first-order valence-corrected chi connectivity index (χ1v) is 8.49. The van der Waals surface area contributed by atoms with Crippen molar-refractivity contribution in [1.29, 1.82) is 0 Å². The van der Waals surface area contributed by atoms with Crippen molar-refractivity contribution in [3.63, 3.8) is 0 Å². The van der Waals surface area contributed by atoms with Crippen molar-refractivity contribution in [1.82, 2.24) is 19.9 Å². The fourth-order valence-electron chi connectivity index (χ4n) is 3.00. The van der Waals surface area contributed by atoms with E-state index in [1.807, 2.05) is 18.2 Å². The van der Waals surface area contributed by atoms with Crippen molar-refractivity contribution in [2.24, 2.45) is 0 Å². The van der Waals surface area contributed by atoms with E-state index < -0.39 is 6.04 Å². The third-order valence-electron chi connectivity index (χ3n) is 4.23. The minimum Gasteiger partial charge on any atom is -0.467 e. The van der Waals surface area contributed by atoms with Gasteiger partial charge in [-0.05, 0) is 37.0 Å². The van der Waals surface area contributed by atoms with Crippen LogP contribution in [0.25, 0.3) is 0 Å². The number of esters is 1. The SMILES string of the molecule is COC(=O)[C@@H]1CCCCN1C(=O)c1cn(Cc2cccc(Cl)c2)nn1. The van der Waals surface area contributed by atoms with E-state index in [0.29, 0.717) is 24.5 Å². The first-order valence-electron chi connectivity index (χ1n) is 8.12. The lowest BCUT2D eigenvalue weighted by atomic mass is 10.0. The Morgan fingerprint density at radius 2 is 2.20 bits per heavy atom. The molecule has 1 aromatic carbocycles. The number of ether oxygens (including phenoxy) is 1. The van der Waals surface area contributed by atoms with Crippen LogP contribution in [0.2, 0.25) is 5.02 Å². The molecule has 132 valence electrons. The van der Waals surface area contributed by atoms with Gasteiger partial charge < -0.3 is 9.64 Å². The molecule has 1 aliphatic rings. The summed E-state index contributed by atoms with van der Waals surface area (Å²) in [4.78, 5) is 26.2. The number of nitrogens with zero attached hydrogens (tertiary/aromatic N) is 4. The van der Waals surface area contributed by atoms with Gasteiger partial charge in [0.1, 0.15) is 6.04 Å². The summed E-state index contributed by atoms with van der Waals surface area (Å²) >= 11 is 5.98. The molecule has 7 nitrogen and oxygen atoms in total. The Morgan fingerprint density at radius 3 is 2.96 bits per heavy atom. The second kappa shape index (κ2) is 7.65. The Hall–Kier alpha value is -2.41. The molecule has 25 heavy (non-hydrogen) atoms. The van der Waals surface area contributed by atoms with Crippen molar-refractivity contribution in [3.8, 4) is 0 Å². The van der Waals surface area contributed by atoms with Gasteiger partial charge in [-0.2, -0.15) is 0 Å². The van der Waals surface area contributed by atoms with E-state index in [2.05, 4.69) is 10.3 Å². The van der Waals surface area contributed by atoms with Crippen LogP contribution < -0.4 is 0 Å². The van der Waals surface area contributed by atoms with Crippen LogP contribution in [-0.4, -0.2) is 51.5 Å². The van der Waals surface area contributed by atoms with Gasteiger partial charge >= 0.3 is 5.97 Å². The van der Waals surface area contributed by atoms with Crippen LogP contribution >= 0.6 is 11.6 Å². The first kappa shape index (κ1) is 17.4.